The topological polar surface area (TPSA) is 49.9 Å². The number of carbonyl (C=O) groups is 2. The Kier molecular flexibility index (Phi) is 6.12. The van der Waals surface area contributed by atoms with E-state index < -0.39 is 0 Å². The van der Waals surface area contributed by atoms with Crippen LogP contribution < -0.4 is 4.74 Å². The average molecular weight is 366 g/mol. The average Bonchev–Trinajstić information content (AvgIpc) is 2.70. The summed E-state index contributed by atoms with van der Waals surface area (Å²) in [7, 11) is 0. The first kappa shape index (κ1) is 19.0. The lowest BCUT2D eigenvalue weighted by Crippen LogP contribution is -2.51. The lowest BCUT2D eigenvalue weighted by molar-refractivity contribution is -0.131. The number of rotatable bonds is 5. The highest BCUT2D eigenvalue weighted by Crippen LogP contribution is 2.15. The third kappa shape index (κ3) is 4.88. The fourth-order valence-corrected chi connectivity index (χ4v) is 3.19. The van der Waals surface area contributed by atoms with Crippen molar-refractivity contribution in [3.05, 3.63) is 65.2 Å². The van der Waals surface area contributed by atoms with Crippen molar-refractivity contribution in [2.45, 2.75) is 20.3 Å². The number of ether oxygens (including phenoxy) is 1. The molecule has 1 aliphatic rings. The van der Waals surface area contributed by atoms with Crippen LogP contribution in [0.2, 0.25) is 0 Å². The fraction of sp³-hybridized carbons (Fsp3) is 0.364. The molecule has 0 radical (unpaired) electrons. The van der Waals surface area contributed by atoms with Gasteiger partial charge in [-0.1, -0.05) is 29.8 Å². The van der Waals surface area contributed by atoms with E-state index >= 15 is 0 Å². The van der Waals surface area contributed by atoms with Gasteiger partial charge in [0.05, 0.1) is 13.0 Å². The summed E-state index contributed by atoms with van der Waals surface area (Å²) in [5, 5.41) is 0. The van der Waals surface area contributed by atoms with E-state index in [-0.39, 0.29) is 11.8 Å². The summed E-state index contributed by atoms with van der Waals surface area (Å²) < 4.78 is 5.43. The zero-order valence-electron chi connectivity index (χ0n) is 16.0. The highest BCUT2D eigenvalue weighted by atomic mass is 16.5. The van der Waals surface area contributed by atoms with Gasteiger partial charge in [0.1, 0.15) is 5.75 Å². The van der Waals surface area contributed by atoms with Gasteiger partial charge in [0.15, 0.2) is 0 Å². The molecule has 3 rings (SSSR count). The summed E-state index contributed by atoms with van der Waals surface area (Å²) in [5.74, 6) is 0.951. The van der Waals surface area contributed by atoms with Crippen LogP contribution in [0.25, 0.3) is 0 Å². The quantitative estimate of drug-likeness (QED) is 0.818. The SMILES string of the molecule is CCOc1ccc(CC(=O)N2CCN(C(=O)c3ccc(C)cc3)CC2)cc1. The molecule has 0 aromatic heterocycles. The number of piperazine rings is 1. The number of benzene rings is 2. The first-order valence-corrected chi connectivity index (χ1v) is 9.42. The molecule has 0 spiro atoms. The molecule has 2 amide bonds. The van der Waals surface area contributed by atoms with Gasteiger partial charge in [-0.15, -0.1) is 0 Å². The molecule has 0 saturated carbocycles. The minimum atomic E-state index is 0.0358. The monoisotopic (exact) mass is 366 g/mol. The molecule has 0 N–H and O–H groups in total. The highest BCUT2D eigenvalue weighted by Gasteiger charge is 2.24. The van der Waals surface area contributed by atoms with Gasteiger partial charge in [-0.3, -0.25) is 9.59 Å². The van der Waals surface area contributed by atoms with Crippen LogP contribution in [-0.4, -0.2) is 54.4 Å². The zero-order valence-corrected chi connectivity index (χ0v) is 16.0. The maximum Gasteiger partial charge on any atom is 0.253 e. The molecule has 5 nitrogen and oxygen atoms in total. The third-order valence-corrected chi connectivity index (χ3v) is 4.81. The van der Waals surface area contributed by atoms with Gasteiger partial charge in [0.2, 0.25) is 5.91 Å². The summed E-state index contributed by atoms with van der Waals surface area (Å²) in [6.07, 6.45) is 0.373. The summed E-state index contributed by atoms with van der Waals surface area (Å²) >= 11 is 0. The second kappa shape index (κ2) is 8.71. The molecule has 1 heterocycles. The molecular weight excluding hydrogens is 340 g/mol. The standard InChI is InChI=1S/C22H26N2O3/c1-3-27-20-10-6-18(7-11-20)16-21(25)23-12-14-24(15-13-23)22(26)19-8-4-17(2)5-9-19/h4-11H,3,12-16H2,1-2H3. The lowest BCUT2D eigenvalue weighted by atomic mass is 10.1. The van der Waals surface area contributed by atoms with Gasteiger partial charge in [0, 0.05) is 31.7 Å². The van der Waals surface area contributed by atoms with Crippen molar-refractivity contribution in [1.82, 2.24) is 9.80 Å². The van der Waals surface area contributed by atoms with Crippen molar-refractivity contribution < 1.29 is 14.3 Å². The van der Waals surface area contributed by atoms with Crippen LogP contribution in [0.3, 0.4) is 0 Å². The summed E-state index contributed by atoms with van der Waals surface area (Å²) in [4.78, 5) is 28.8. The van der Waals surface area contributed by atoms with Crippen molar-refractivity contribution in [2.24, 2.45) is 0 Å². The summed E-state index contributed by atoms with van der Waals surface area (Å²) in [6, 6.07) is 15.3. The molecule has 142 valence electrons. The Bertz CT molecular complexity index is 776. The Morgan fingerprint density at radius 2 is 1.48 bits per heavy atom. The highest BCUT2D eigenvalue weighted by molar-refractivity contribution is 5.94. The van der Waals surface area contributed by atoms with E-state index in [4.69, 9.17) is 4.74 Å². The number of hydrogen-bond acceptors (Lipinski definition) is 3. The Balaban J connectivity index is 1.51. The number of hydrogen-bond donors (Lipinski definition) is 0. The molecule has 0 atom stereocenters. The largest absolute Gasteiger partial charge is 0.494 e. The van der Waals surface area contributed by atoms with Crippen LogP contribution >= 0.6 is 0 Å². The molecule has 2 aromatic carbocycles. The maximum atomic E-state index is 12.6. The van der Waals surface area contributed by atoms with Gasteiger partial charge < -0.3 is 14.5 Å². The Labute approximate surface area is 160 Å². The van der Waals surface area contributed by atoms with Crippen LogP contribution in [0.1, 0.15) is 28.4 Å². The van der Waals surface area contributed by atoms with Crippen LogP contribution in [-0.2, 0) is 11.2 Å². The molecule has 0 aliphatic carbocycles. The van der Waals surface area contributed by atoms with Crippen molar-refractivity contribution in [1.29, 1.82) is 0 Å². The molecule has 0 unspecified atom stereocenters. The molecule has 5 heteroatoms. The van der Waals surface area contributed by atoms with E-state index in [0.717, 1.165) is 16.9 Å². The molecule has 1 fully saturated rings. The third-order valence-electron chi connectivity index (χ3n) is 4.81. The predicted molar refractivity (Wildman–Crippen MR) is 105 cm³/mol. The number of aryl methyl sites for hydroxylation is 1. The van der Waals surface area contributed by atoms with E-state index in [1.807, 2.05) is 72.2 Å². The summed E-state index contributed by atoms with van der Waals surface area (Å²) in [5.41, 5.74) is 2.81. The van der Waals surface area contributed by atoms with Crippen LogP contribution in [0.4, 0.5) is 0 Å². The number of carbonyl (C=O) groups excluding carboxylic acids is 2. The first-order valence-electron chi connectivity index (χ1n) is 9.42. The minimum Gasteiger partial charge on any atom is -0.494 e. The van der Waals surface area contributed by atoms with E-state index in [2.05, 4.69) is 0 Å². The summed E-state index contributed by atoms with van der Waals surface area (Å²) in [6.45, 7) is 6.87. The molecule has 27 heavy (non-hydrogen) atoms. The van der Waals surface area contributed by atoms with Crippen molar-refractivity contribution in [3.63, 3.8) is 0 Å². The Morgan fingerprint density at radius 3 is 2.07 bits per heavy atom. The fourth-order valence-electron chi connectivity index (χ4n) is 3.19. The van der Waals surface area contributed by atoms with E-state index in [1.165, 1.54) is 0 Å². The van der Waals surface area contributed by atoms with Crippen LogP contribution in [0.5, 0.6) is 5.75 Å². The first-order chi connectivity index (χ1) is 13.1. The van der Waals surface area contributed by atoms with E-state index in [1.54, 1.807) is 0 Å². The van der Waals surface area contributed by atoms with Gasteiger partial charge in [0.25, 0.3) is 5.91 Å². The molecule has 0 bridgehead atoms. The van der Waals surface area contributed by atoms with Crippen molar-refractivity contribution in [2.75, 3.05) is 32.8 Å². The maximum absolute atomic E-state index is 12.6. The second-order valence-electron chi connectivity index (χ2n) is 6.79. The normalized spacial score (nSPS) is 14.1. The Morgan fingerprint density at radius 1 is 0.889 bits per heavy atom. The number of amides is 2. The Hall–Kier alpha value is -2.82. The van der Waals surface area contributed by atoms with Crippen molar-refractivity contribution >= 4 is 11.8 Å². The lowest BCUT2D eigenvalue weighted by Gasteiger charge is -2.35. The van der Waals surface area contributed by atoms with E-state index in [9.17, 15) is 9.59 Å². The second-order valence-corrected chi connectivity index (χ2v) is 6.79. The number of nitrogens with zero attached hydrogens (tertiary/aromatic N) is 2. The molecule has 1 aliphatic heterocycles. The molecule has 1 saturated heterocycles. The van der Waals surface area contributed by atoms with E-state index in [0.29, 0.717) is 44.8 Å². The zero-order chi connectivity index (χ0) is 19.2. The van der Waals surface area contributed by atoms with Gasteiger partial charge >= 0.3 is 0 Å². The van der Waals surface area contributed by atoms with Crippen LogP contribution in [0.15, 0.2) is 48.5 Å². The molecule has 2 aromatic rings. The van der Waals surface area contributed by atoms with Gasteiger partial charge in [-0.25, -0.2) is 0 Å². The smallest absolute Gasteiger partial charge is 0.253 e. The predicted octanol–water partition coefficient (Wildman–Crippen LogP) is 2.92. The van der Waals surface area contributed by atoms with Gasteiger partial charge in [-0.2, -0.15) is 0 Å². The van der Waals surface area contributed by atoms with Gasteiger partial charge in [-0.05, 0) is 43.7 Å². The van der Waals surface area contributed by atoms with Crippen LogP contribution in [0, 0.1) is 6.92 Å². The minimum absolute atomic E-state index is 0.0358. The van der Waals surface area contributed by atoms with Crippen molar-refractivity contribution in [3.8, 4) is 5.75 Å². The molecular formula is C22H26N2O3.